The molecular formula is C20H24N6O3S. The second kappa shape index (κ2) is 10.1. The predicted molar refractivity (Wildman–Crippen MR) is 115 cm³/mol. The number of anilines is 3. The summed E-state index contributed by atoms with van der Waals surface area (Å²) >= 11 is 1.43. The molecule has 3 N–H and O–H groups in total. The molecule has 10 heteroatoms. The first kappa shape index (κ1) is 21.6. The van der Waals surface area contributed by atoms with Gasteiger partial charge < -0.3 is 20.3 Å². The molecule has 0 amide bonds. The fraction of sp³-hybridized carbons (Fsp3) is 0.350. The maximum Gasteiger partial charge on any atom is 0.316 e. The summed E-state index contributed by atoms with van der Waals surface area (Å²) < 4.78 is 10.4. The summed E-state index contributed by atoms with van der Waals surface area (Å²) in [7, 11) is 0. The van der Waals surface area contributed by atoms with E-state index in [-0.39, 0.29) is 30.1 Å². The van der Waals surface area contributed by atoms with Gasteiger partial charge in [-0.1, -0.05) is 30.3 Å². The lowest BCUT2D eigenvalue weighted by molar-refractivity contribution is -0.141. The summed E-state index contributed by atoms with van der Waals surface area (Å²) in [6, 6.07) is 7.86. The zero-order valence-electron chi connectivity index (χ0n) is 17.1. The van der Waals surface area contributed by atoms with Crippen LogP contribution in [0.25, 0.3) is 0 Å². The van der Waals surface area contributed by atoms with Crippen molar-refractivity contribution in [2.24, 2.45) is 0 Å². The van der Waals surface area contributed by atoms with Gasteiger partial charge in [0.05, 0.1) is 11.4 Å². The first-order valence-electron chi connectivity index (χ1n) is 9.46. The Morgan fingerprint density at radius 1 is 1.23 bits per heavy atom. The van der Waals surface area contributed by atoms with Crippen molar-refractivity contribution in [2.45, 2.75) is 39.6 Å². The van der Waals surface area contributed by atoms with E-state index in [1.165, 1.54) is 11.8 Å². The summed E-state index contributed by atoms with van der Waals surface area (Å²) in [5.74, 6) is 1.86. The third kappa shape index (κ3) is 5.69. The topological polar surface area (TPSA) is 129 Å². The number of nitrogens with one attached hydrogen (secondary N) is 1. The molecule has 0 bridgehead atoms. The average Bonchev–Trinajstić information content (AvgIpc) is 3.04. The van der Waals surface area contributed by atoms with Gasteiger partial charge in [0.25, 0.3) is 0 Å². The van der Waals surface area contributed by atoms with E-state index in [1.807, 2.05) is 38.1 Å². The molecule has 2 aromatic heterocycles. The molecule has 30 heavy (non-hydrogen) atoms. The number of carbonyl (C=O) groups is 1. The zero-order valence-corrected chi connectivity index (χ0v) is 18.0. The van der Waals surface area contributed by atoms with Crippen LogP contribution in [0.1, 0.15) is 35.3 Å². The number of aryl methyl sites for hydroxylation is 3. The smallest absolute Gasteiger partial charge is 0.316 e. The van der Waals surface area contributed by atoms with Gasteiger partial charge >= 0.3 is 5.97 Å². The van der Waals surface area contributed by atoms with Gasteiger partial charge in [-0.15, -0.1) is 11.8 Å². The number of esters is 1. The van der Waals surface area contributed by atoms with E-state index >= 15 is 0 Å². The number of nitrogens with two attached hydrogens (primary N) is 1. The standard InChI is InChI=1S/C20H24N6O3S/c1-4-14-7-5-6-8-16(14)22-20-24-17(23-19(21)25-20)9-28-18(27)11-30-10-15-12(2)26-29-13(15)3/h5-8H,4,9-11H2,1-3H3,(H3,21,22,23,24,25). The molecular weight excluding hydrogens is 404 g/mol. The Morgan fingerprint density at radius 2 is 2.03 bits per heavy atom. The molecule has 1 aromatic carbocycles. The average molecular weight is 429 g/mol. The first-order chi connectivity index (χ1) is 14.5. The lowest BCUT2D eigenvalue weighted by Gasteiger charge is -2.11. The number of carbonyl (C=O) groups excluding carboxylic acids is 1. The van der Waals surface area contributed by atoms with Crippen LogP contribution in [0.3, 0.4) is 0 Å². The summed E-state index contributed by atoms with van der Waals surface area (Å²) in [6.45, 7) is 5.71. The van der Waals surface area contributed by atoms with Crippen LogP contribution in [0.5, 0.6) is 0 Å². The van der Waals surface area contributed by atoms with Crippen LogP contribution >= 0.6 is 11.8 Å². The Bertz CT molecular complexity index is 1000. The van der Waals surface area contributed by atoms with Crippen molar-refractivity contribution in [2.75, 3.05) is 16.8 Å². The lowest BCUT2D eigenvalue weighted by atomic mass is 10.1. The van der Waals surface area contributed by atoms with Gasteiger partial charge in [0.15, 0.2) is 12.4 Å². The van der Waals surface area contributed by atoms with Crippen molar-refractivity contribution in [1.82, 2.24) is 20.1 Å². The number of rotatable bonds is 9. The highest BCUT2D eigenvalue weighted by Gasteiger charge is 2.12. The largest absolute Gasteiger partial charge is 0.457 e. The third-order valence-electron chi connectivity index (χ3n) is 4.35. The number of thioether (sulfide) groups is 1. The van der Waals surface area contributed by atoms with Gasteiger partial charge in [0.2, 0.25) is 11.9 Å². The summed E-state index contributed by atoms with van der Waals surface area (Å²) in [5.41, 5.74) is 9.64. The number of benzene rings is 1. The van der Waals surface area contributed by atoms with E-state index in [4.69, 9.17) is 15.0 Å². The minimum Gasteiger partial charge on any atom is -0.457 e. The van der Waals surface area contributed by atoms with Crippen molar-refractivity contribution < 1.29 is 14.1 Å². The molecule has 2 heterocycles. The maximum absolute atomic E-state index is 12.1. The third-order valence-corrected chi connectivity index (χ3v) is 5.29. The molecule has 0 saturated carbocycles. The molecule has 0 aliphatic rings. The van der Waals surface area contributed by atoms with Crippen LogP contribution in [0.4, 0.5) is 17.6 Å². The van der Waals surface area contributed by atoms with Gasteiger partial charge in [0.1, 0.15) is 5.76 Å². The summed E-state index contributed by atoms with van der Waals surface area (Å²) in [6.07, 6.45) is 0.861. The monoisotopic (exact) mass is 428 g/mol. The van der Waals surface area contributed by atoms with E-state index in [0.29, 0.717) is 11.7 Å². The van der Waals surface area contributed by atoms with Gasteiger partial charge in [0, 0.05) is 17.0 Å². The number of nitrogen functional groups attached to an aromatic ring is 1. The van der Waals surface area contributed by atoms with Crippen LogP contribution in [0.15, 0.2) is 28.8 Å². The molecule has 0 atom stereocenters. The minimum absolute atomic E-state index is 0.0558. The molecule has 0 unspecified atom stereocenters. The number of hydrogen-bond acceptors (Lipinski definition) is 10. The molecule has 3 rings (SSSR count). The van der Waals surface area contributed by atoms with E-state index in [2.05, 4.69) is 32.3 Å². The Hall–Kier alpha value is -3.14. The Kier molecular flexibility index (Phi) is 7.23. The maximum atomic E-state index is 12.1. The zero-order chi connectivity index (χ0) is 21.5. The number of aromatic nitrogens is 4. The highest BCUT2D eigenvalue weighted by molar-refractivity contribution is 7.99. The molecule has 0 spiro atoms. The van der Waals surface area contributed by atoms with Crippen molar-refractivity contribution in [3.05, 3.63) is 52.7 Å². The molecule has 3 aromatic rings. The second-order valence-corrected chi connectivity index (χ2v) is 7.51. The van der Waals surface area contributed by atoms with Gasteiger partial charge in [-0.25, -0.2) is 0 Å². The predicted octanol–water partition coefficient (Wildman–Crippen LogP) is 3.34. The van der Waals surface area contributed by atoms with Crippen LogP contribution in [-0.4, -0.2) is 31.8 Å². The Morgan fingerprint density at radius 3 is 2.77 bits per heavy atom. The molecule has 0 aliphatic heterocycles. The fourth-order valence-corrected chi connectivity index (χ4v) is 3.73. The van der Waals surface area contributed by atoms with Crippen molar-refractivity contribution >= 4 is 35.3 Å². The minimum atomic E-state index is -0.364. The number of ether oxygens (including phenoxy) is 1. The summed E-state index contributed by atoms with van der Waals surface area (Å²) in [5, 5.41) is 7.05. The molecule has 0 saturated heterocycles. The number of hydrogen-bond donors (Lipinski definition) is 2. The molecule has 158 valence electrons. The van der Waals surface area contributed by atoms with Crippen LogP contribution < -0.4 is 11.1 Å². The first-order valence-corrected chi connectivity index (χ1v) is 10.6. The SMILES string of the molecule is CCc1ccccc1Nc1nc(N)nc(COC(=O)CSCc2c(C)noc2C)n1. The molecule has 9 nitrogen and oxygen atoms in total. The quantitative estimate of drug-likeness (QED) is 0.489. The van der Waals surface area contributed by atoms with Crippen LogP contribution in [-0.2, 0) is 28.3 Å². The van der Waals surface area contributed by atoms with E-state index < -0.39 is 0 Å². The number of para-hydroxylation sites is 1. The highest BCUT2D eigenvalue weighted by atomic mass is 32.2. The van der Waals surface area contributed by atoms with Gasteiger partial charge in [-0.2, -0.15) is 15.0 Å². The van der Waals surface area contributed by atoms with Gasteiger partial charge in [-0.05, 0) is 31.9 Å². The second-order valence-electron chi connectivity index (χ2n) is 6.53. The van der Waals surface area contributed by atoms with Crippen molar-refractivity contribution in [1.29, 1.82) is 0 Å². The summed E-state index contributed by atoms with van der Waals surface area (Å²) in [4.78, 5) is 24.5. The Labute approximate surface area is 178 Å². The van der Waals surface area contributed by atoms with Crippen molar-refractivity contribution in [3.63, 3.8) is 0 Å². The van der Waals surface area contributed by atoms with E-state index in [1.54, 1.807) is 0 Å². The normalized spacial score (nSPS) is 10.8. The van der Waals surface area contributed by atoms with Crippen molar-refractivity contribution in [3.8, 4) is 0 Å². The number of nitrogens with zero attached hydrogens (tertiary/aromatic N) is 4. The fourth-order valence-electron chi connectivity index (χ4n) is 2.76. The van der Waals surface area contributed by atoms with E-state index in [0.717, 1.165) is 34.7 Å². The van der Waals surface area contributed by atoms with E-state index in [9.17, 15) is 4.79 Å². The van der Waals surface area contributed by atoms with Crippen LogP contribution in [0.2, 0.25) is 0 Å². The Balaban J connectivity index is 1.54. The molecule has 0 aliphatic carbocycles. The van der Waals surface area contributed by atoms with Gasteiger partial charge in [-0.3, -0.25) is 4.79 Å². The lowest BCUT2D eigenvalue weighted by Crippen LogP contribution is -2.12. The van der Waals surface area contributed by atoms with Crippen LogP contribution in [0, 0.1) is 13.8 Å². The highest BCUT2D eigenvalue weighted by Crippen LogP contribution is 2.21. The molecule has 0 fully saturated rings. The molecule has 0 radical (unpaired) electrons.